The van der Waals surface area contributed by atoms with Crippen LogP contribution in [0, 0.1) is 13.8 Å². The van der Waals surface area contributed by atoms with Crippen LogP contribution in [-0.2, 0) is 12.8 Å². The van der Waals surface area contributed by atoms with E-state index < -0.39 is 0 Å². The summed E-state index contributed by atoms with van der Waals surface area (Å²) in [5.41, 5.74) is 3.91. The summed E-state index contributed by atoms with van der Waals surface area (Å²) in [6.07, 6.45) is 7.16. The zero-order valence-electron chi connectivity index (χ0n) is 11.0. The quantitative estimate of drug-likeness (QED) is 0.776. The van der Waals surface area contributed by atoms with Gasteiger partial charge in [0, 0.05) is 24.0 Å². The van der Waals surface area contributed by atoms with Crippen LogP contribution in [0.25, 0.3) is 11.0 Å². The molecule has 5 heteroatoms. The van der Waals surface area contributed by atoms with Gasteiger partial charge in [-0.05, 0) is 32.8 Å². The summed E-state index contributed by atoms with van der Waals surface area (Å²) in [5.74, 6) is 0.792. The topological polar surface area (TPSA) is 67.3 Å². The second-order valence-electron chi connectivity index (χ2n) is 4.61. The Morgan fingerprint density at radius 2 is 1.95 bits per heavy atom. The molecule has 96 valence electrons. The zero-order chi connectivity index (χ0) is 13.2. The molecule has 0 saturated heterocycles. The number of aromatic amines is 1. The molecular formula is C14H15N5. The van der Waals surface area contributed by atoms with E-state index in [9.17, 15) is 0 Å². The monoisotopic (exact) mass is 253 g/mol. The first-order chi connectivity index (χ1) is 9.22. The Labute approximate surface area is 111 Å². The Balaban J connectivity index is 1.87. The average molecular weight is 253 g/mol. The van der Waals surface area contributed by atoms with Crippen molar-refractivity contribution in [3.05, 3.63) is 47.6 Å². The van der Waals surface area contributed by atoms with Gasteiger partial charge in [-0.2, -0.15) is 0 Å². The van der Waals surface area contributed by atoms with Gasteiger partial charge in [-0.15, -0.1) is 0 Å². The molecule has 0 aliphatic carbocycles. The maximum atomic E-state index is 4.53. The Hall–Kier alpha value is -2.30. The fourth-order valence-corrected chi connectivity index (χ4v) is 2.20. The van der Waals surface area contributed by atoms with Gasteiger partial charge in [-0.25, -0.2) is 9.97 Å². The van der Waals surface area contributed by atoms with E-state index in [1.54, 1.807) is 6.20 Å². The van der Waals surface area contributed by atoms with E-state index in [2.05, 4.69) is 24.9 Å². The summed E-state index contributed by atoms with van der Waals surface area (Å²) < 4.78 is 0. The van der Waals surface area contributed by atoms with Crippen molar-refractivity contribution >= 4 is 11.0 Å². The van der Waals surface area contributed by atoms with Crippen LogP contribution in [0.4, 0.5) is 0 Å². The van der Waals surface area contributed by atoms with E-state index in [1.807, 2.05) is 32.3 Å². The number of aryl methyl sites for hydroxylation is 4. The van der Waals surface area contributed by atoms with Crippen molar-refractivity contribution in [2.24, 2.45) is 0 Å². The standard InChI is InChI=1S/C14H15N5/c1-9-7-15-8-11(17-9)3-4-13-12-5-6-16-14(12)19-10(2)18-13/h5-8H,3-4H2,1-2H3,(H,16,18,19). The highest BCUT2D eigenvalue weighted by molar-refractivity contribution is 5.77. The van der Waals surface area contributed by atoms with E-state index in [4.69, 9.17) is 0 Å². The normalized spacial score (nSPS) is 11.1. The third-order valence-electron chi connectivity index (χ3n) is 3.03. The van der Waals surface area contributed by atoms with Crippen molar-refractivity contribution < 1.29 is 0 Å². The van der Waals surface area contributed by atoms with E-state index in [0.29, 0.717) is 0 Å². The number of hydrogen-bond acceptors (Lipinski definition) is 4. The summed E-state index contributed by atoms with van der Waals surface area (Å²) in [7, 11) is 0. The SMILES string of the molecule is Cc1cncc(CCc2nc(C)nc3[nH]ccc23)n1. The summed E-state index contributed by atoms with van der Waals surface area (Å²) in [4.78, 5) is 20.7. The second-order valence-corrected chi connectivity index (χ2v) is 4.61. The molecule has 3 aromatic rings. The predicted molar refractivity (Wildman–Crippen MR) is 72.8 cm³/mol. The molecule has 3 heterocycles. The molecule has 5 nitrogen and oxygen atoms in total. The largest absolute Gasteiger partial charge is 0.346 e. The Bertz CT molecular complexity index is 717. The lowest BCUT2D eigenvalue weighted by Crippen LogP contribution is -2.01. The van der Waals surface area contributed by atoms with Gasteiger partial charge < -0.3 is 4.98 Å². The first-order valence-electron chi connectivity index (χ1n) is 6.30. The maximum absolute atomic E-state index is 4.53. The molecule has 19 heavy (non-hydrogen) atoms. The van der Waals surface area contributed by atoms with Gasteiger partial charge in [0.05, 0.1) is 17.1 Å². The summed E-state index contributed by atoms with van der Waals surface area (Å²) >= 11 is 0. The lowest BCUT2D eigenvalue weighted by molar-refractivity contribution is 0.854. The van der Waals surface area contributed by atoms with Crippen molar-refractivity contribution in [2.75, 3.05) is 0 Å². The molecular weight excluding hydrogens is 238 g/mol. The Morgan fingerprint density at radius 1 is 1.05 bits per heavy atom. The Kier molecular flexibility index (Phi) is 2.95. The average Bonchev–Trinajstić information content (AvgIpc) is 2.84. The molecule has 0 radical (unpaired) electrons. The van der Waals surface area contributed by atoms with E-state index in [0.717, 1.165) is 46.8 Å². The molecule has 1 N–H and O–H groups in total. The van der Waals surface area contributed by atoms with Gasteiger partial charge in [-0.1, -0.05) is 0 Å². The summed E-state index contributed by atoms with van der Waals surface area (Å²) in [6, 6.07) is 2.02. The van der Waals surface area contributed by atoms with Gasteiger partial charge in [0.2, 0.25) is 0 Å². The number of H-pyrrole nitrogens is 1. The highest BCUT2D eigenvalue weighted by Crippen LogP contribution is 2.16. The molecule has 0 fully saturated rings. The molecule has 0 aliphatic heterocycles. The third-order valence-corrected chi connectivity index (χ3v) is 3.03. The van der Waals surface area contributed by atoms with E-state index in [1.165, 1.54) is 0 Å². The van der Waals surface area contributed by atoms with Crippen molar-refractivity contribution in [3.8, 4) is 0 Å². The van der Waals surface area contributed by atoms with Crippen LogP contribution in [0.3, 0.4) is 0 Å². The van der Waals surface area contributed by atoms with Crippen LogP contribution in [0.5, 0.6) is 0 Å². The van der Waals surface area contributed by atoms with Gasteiger partial charge in [0.15, 0.2) is 0 Å². The van der Waals surface area contributed by atoms with Crippen molar-refractivity contribution in [2.45, 2.75) is 26.7 Å². The zero-order valence-corrected chi connectivity index (χ0v) is 11.0. The van der Waals surface area contributed by atoms with Crippen molar-refractivity contribution in [3.63, 3.8) is 0 Å². The van der Waals surface area contributed by atoms with Crippen LogP contribution in [0.2, 0.25) is 0 Å². The first-order valence-corrected chi connectivity index (χ1v) is 6.30. The van der Waals surface area contributed by atoms with Gasteiger partial charge in [0.25, 0.3) is 0 Å². The molecule has 0 aromatic carbocycles. The van der Waals surface area contributed by atoms with Crippen LogP contribution >= 0.6 is 0 Å². The number of nitrogens with one attached hydrogen (secondary N) is 1. The fraction of sp³-hybridized carbons (Fsp3) is 0.286. The smallest absolute Gasteiger partial charge is 0.141 e. The highest BCUT2D eigenvalue weighted by atomic mass is 14.9. The predicted octanol–water partition coefficient (Wildman–Crippen LogP) is 2.15. The van der Waals surface area contributed by atoms with Crippen molar-refractivity contribution in [1.29, 1.82) is 0 Å². The molecule has 0 bridgehead atoms. The number of nitrogens with zero attached hydrogens (tertiary/aromatic N) is 4. The number of aromatic nitrogens is 5. The third kappa shape index (κ3) is 2.45. The second kappa shape index (κ2) is 4.76. The highest BCUT2D eigenvalue weighted by Gasteiger charge is 2.07. The van der Waals surface area contributed by atoms with Crippen molar-refractivity contribution in [1.82, 2.24) is 24.9 Å². The minimum atomic E-state index is 0.792. The Morgan fingerprint density at radius 3 is 2.79 bits per heavy atom. The lowest BCUT2D eigenvalue weighted by atomic mass is 10.1. The number of rotatable bonds is 3. The minimum absolute atomic E-state index is 0.792. The lowest BCUT2D eigenvalue weighted by Gasteiger charge is -2.04. The van der Waals surface area contributed by atoms with Crippen LogP contribution in [0.15, 0.2) is 24.7 Å². The molecule has 3 rings (SSSR count). The molecule has 0 unspecified atom stereocenters. The van der Waals surface area contributed by atoms with Gasteiger partial charge in [0.1, 0.15) is 11.5 Å². The molecule has 0 spiro atoms. The number of fused-ring (bicyclic) bond motifs is 1. The summed E-state index contributed by atoms with van der Waals surface area (Å²) in [6.45, 7) is 3.87. The van der Waals surface area contributed by atoms with Crippen LogP contribution in [0.1, 0.15) is 22.9 Å². The van der Waals surface area contributed by atoms with Gasteiger partial charge >= 0.3 is 0 Å². The maximum Gasteiger partial charge on any atom is 0.141 e. The number of hydrogen-bond donors (Lipinski definition) is 1. The van der Waals surface area contributed by atoms with E-state index in [-0.39, 0.29) is 0 Å². The minimum Gasteiger partial charge on any atom is -0.346 e. The molecule has 0 atom stereocenters. The molecule has 0 aliphatic rings. The fourth-order valence-electron chi connectivity index (χ4n) is 2.20. The molecule has 0 saturated carbocycles. The van der Waals surface area contributed by atoms with Gasteiger partial charge in [-0.3, -0.25) is 9.97 Å². The molecule has 0 amide bonds. The van der Waals surface area contributed by atoms with E-state index >= 15 is 0 Å². The first kappa shape index (κ1) is 11.8. The summed E-state index contributed by atoms with van der Waals surface area (Å²) in [5, 5.41) is 1.09. The van der Waals surface area contributed by atoms with Crippen LogP contribution < -0.4 is 0 Å². The molecule has 3 aromatic heterocycles. The van der Waals surface area contributed by atoms with Crippen LogP contribution in [-0.4, -0.2) is 24.9 Å².